The summed E-state index contributed by atoms with van der Waals surface area (Å²) in [6.07, 6.45) is -1.97. The summed E-state index contributed by atoms with van der Waals surface area (Å²) in [5.74, 6) is -1.07. The first-order chi connectivity index (χ1) is 8.96. The second kappa shape index (κ2) is 5.73. The molecule has 7 heteroatoms. The van der Waals surface area contributed by atoms with E-state index in [0.717, 1.165) is 12.8 Å². The first-order valence-corrected chi connectivity index (χ1v) is 6.02. The molecule has 0 aromatic carbocycles. The van der Waals surface area contributed by atoms with Gasteiger partial charge in [-0.2, -0.15) is 13.2 Å². The van der Waals surface area contributed by atoms with E-state index < -0.39 is 25.0 Å². The number of alkyl halides is 3. The van der Waals surface area contributed by atoms with Crippen LogP contribution in [0.4, 0.5) is 17.6 Å². The quantitative estimate of drug-likeness (QED) is 0.812. The zero-order chi connectivity index (χ0) is 13.9. The van der Waals surface area contributed by atoms with Gasteiger partial charge in [-0.15, -0.1) is 0 Å². The van der Waals surface area contributed by atoms with Gasteiger partial charge in [0, 0.05) is 24.3 Å². The second-order valence-electron chi connectivity index (χ2n) is 4.46. The van der Waals surface area contributed by atoms with Crippen molar-refractivity contribution in [1.29, 1.82) is 0 Å². The van der Waals surface area contributed by atoms with Crippen LogP contribution in [0.3, 0.4) is 0 Å². The molecule has 19 heavy (non-hydrogen) atoms. The normalized spacial score (nSPS) is 15.6. The van der Waals surface area contributed by atoms with E-state index >= 15 is 0 Å². The highest BCUT2D eigenvalue weighted by molar-refractivity contribution is 5.23. The predicted octanol–water partition coefficient (Wildman–Crippen LogP) is 2.80. The lowest BCUT2D eigenvalue weighted by molar-refractivity contribution is -0.139. The summed E-state index contributed by atoms with van der Waals surface area (Å²) < 4.78 is 54.4. The maximum Gasteiger partial charge on any atom is 0.392 e. The molecule has 0 radical (unpaired) electrons. The Morgan fingerprint density at radius 1 is 1.37 bits per heavy atom. The number of aromatic nitrogens is 1. The highest BCUT2D eigenvalue weighted by Gasteiger charge is 2.27. The molecule has 0 atom stereocenters. The van der Waals surface area contributed by atoms with Gasteiger partial charge < -0.3 is 10.1 Å². The van der Waals surface area contributed by atoms with Crippen molar-refractivity contribution in [2.45, 2.75) is 38.0 Å². The van der Waals surface area contributed by atoms with Crippen LogP contribution in [0, 0.1) is 5.82 Å². The number of ether oxygens (including phenoxy) is 1. The largest absolute Gasteiger partial charge is 0.475 e. The number of halogens is 4. The van der Waals surface area contributed by atoms with Crippen LogP contribution in [0.5, 0.6) is 5.88 Å². The highest BCUT2D eigenvalue weighted by Crippen LogP contribution is 2.23. The third kappa shape index (κ3) is 4.66. The van der Waals surface area contributed by atoms with Gasteiger partial charge in [-0.25, -0.2) is 9.37 Å². The number of nitrogens with zero attached hydrogens (tertiary/aromatic N) is 1. The molecule has 106 valence electrons. The smallest absolute Gasteiger partial charge is 0.392 e. The Kier molecular flexibility index (Phi) is 4.24. The fourth-order valence-electron chi connectivity index (χ4n) is 1.50. The summed E-state index contributed by atoms with van der Waals surface area (Å²) >= 11 is 0. The van der Waals surface area contributed by atoms with Gasteiger partial charge in [-0.3, -0.25) is 0 Å². The molecule has 1 saturated carbocycles. The van der Waals surface area contributed by atoms with E-state index in [1.165, 1.54) is 12.3 Å². The second-order valence-corrected chi connectivity index (χ2v) is 4.46. The lowest BCUT2D eigenvalue weighted by Crippen LogP contribution is -2.17. The molecule has 0 amide bonds. The Morgan fingerprint density at radius 3 is 2.74 bits per heavy atom. The highest BCUT2D eigenvalue weighted by atomic mass is 19.4. The van der Waals surface area contributed by atoms with Gasteiger partial charge in [0.1, 0.15) is 0 Å². The molecule has 0 aliphatic heterocycles. The molecule has 1 aliphatic rings. The van der Waals surface area contributed by atoms with E-state index in [4.69, 9.17) is 4.74 Å². The lowest BCUT2D eigenvalue weighted by Gasteiger charge is -2.10. The van der Waals surface area contributed by atoms with Crippen molar-refractivity contribution >= 4 is 0 Å². The third-order valence-corrected chi connectivity index (χ3v) is 2.72. The summed E-state index contributed by atoms with van der Waals surface area (Å²) in [6, 6.07) is 1.91. The van der Waals surface area contributed by atoms with Gasteiger partial charge in [-0.05, 0) is 18.9 Å². The molecule has 0 unspecified atom stereocenters. The molecule has 1 fully saturated rings. The van der Waals surface area contributed by atoms with Crippen molar-refractivity contribution in [1.82, 2.24) is 10.3 Å². The Hall–Kier alpha value is -1.37. The summed E-state index contributed by atoms with van der Waals surface area (Å²) in [5.41, 5.74) is 0.351. The molecule has 0 spiro atoms. The third-order valence-electron chi connectivity index (χ3n) is 2.72. The fraction of sp³-hybridized carbons (Fsp3) is 0.583. The molecular weight excluding hydrogens is 264 g/mol. The molecule has 0 saturated heterocycles. The van der Waals surface area contributed by atoms with Crippen LogP contribution in [0.15, 0.2) is 12.3 Å². The van der Waals surface area contributed by atoms with E-state index in [-0.39, 0.29) is 5.88 Å². The number of hydrogen-bond donors (Lipinski definition) is 1. The molecule has 1 aromatic rings. The molecule has 2 rings (SSSR count). The fourth-order valence-corrected chi connectivity index (χ4v) is 1.50. The first-order valence-electron chi connectivity index (χ1n) is 6.02. The Balaban J connectivity index is 1.90. The van der Waals surface area contributed by atoms with Crippen LogP contribution in [-0.4, -0.2) is 23.8 Å². The van der Waals surface area contributed by atoms with Crippen molar-refractivity contribution < 1.29 is 22.3 Å². The molecule has 1 heterocycles. The number of hydrogen-bond acceptors (Lipinski definition) is 3. The van der Waals surface area contributed by atoms with Gasteiger partial charge >= 0.3 is 6.18 Å². The zero-order valence-corrected chi connectivity index (χ0v) is 10.1. The van der Waals surface area contributed by atoms with Crippen LogP contribution in [0.25, 0.3) is 0 Å². The summed E-state index contributed by atoms with van der Waals surface area (Å²) in [4.78, 5) is 3.61. The molecule has 1 aliphatic carbocycles. The van der Waals surface area contributed by atoms with Gasteiger partial charge in [-0.1, -0.05) is 0 Å². The predicted molar refractivity (Wildman–Crippen MR) is 60.2 cm³/mol. The van der Waals surface area contributed by atoms with E-state index in [0.29, 0.717) is 18.2 Å². The summed E-state index contributed by atoms with van der Waals surface area (Å²) in [5, 5.41) is 3.12. The average molecular weight is 278 g/mol. The summed E-state index contributed by atoms with van der Waals surface area (Å²) in [6.45, 7) is -0.304. The number of nitrogens with one attached hydrogen (secondary N) is 1. The minimum absolute atomic E-state index is 0.328. The minimum Gasteiger partial charge on any atom is -0.475 e. The van der Waals surface area contributed by atoms with Crippen molar-refractivity contribution in [3.63, 3.8) is 0 Å². The first kappa shape index (κ1) is 14.0. The van der Waals surface area contributed by atoms with Gasteiger partial charge in [0.05, 0.1) is 13.0 Å². The van der Waals surface area contributed by atoms with Gasteiger partial charge in [0.25, 0.3) is 5.88 Å². The summed E-state index contributed by atoms with van der Waals surface area (Å²) in [7, 11) is 0. The molecule has 3 nitrogen and oxygen atoms in total. The Bertz CT molecular complexity index is 432. The van der Waals surface area contributed by atoms with E-state index in [9.17, 15) is 17.6 Å². The number of pyridine rings is 1. The average Bonchev–Trinajstić information content (AvgIpc) is 3.12. The van der Waals surface area contributed by atoms with Crippen LogP contribution in [0.2, 0.25) is 0 Å². The van der Waals surface area contributed by atoms with Crippen molar-refractivity contribution in [3.8, 4) is 5.88 Å². The Morgan fingerprint density at radius 2 is 2.11 bits per heavy atom. The van der Waals surface area contributed by atoms with Crippen LogP contribution >= 0.6 is 0 Å². The van der Waals surface area contributed by atoms with E-state index in [1.54, 1.807) is 0 Å². The molecular formula is C12H14F4N2O. The van der Waals surface area contributed by atoms with E-state index in [2.05, 4.69) is 10.3 Å². The zero-order valence-electron chi connectivity index (χ0n) is 10.1. The Labute approximate surface area is 108 Å². The van der Waals surface area contributed by atoms with Crippen LogP contribution in [-0.2, 0) is 6.54 Å². The number of rotatable bonds is 6. The van der Waals surface area contributed by atoms with Crippen LogP contribution < -0.4 is 10.1 Å². The molecule has 1 N–H and O–H groups in total. The lowest BCUT2D eigenvalue weighted by atomic mass is 10.2. The van der Waals surface area contributed by atoms with Gasteiger partial charge in [0.2, 0.25) is 0 Å². The monoisotopic (exact) mass is 278 g/mol. The van der Waals surface area contributed by atoms with Crippen LogP contribution in [0.1, 0.15) is 24.8 Å². The minimum atomic E-state index is -4.32. The molecule has 1 aromatic heterocycles. The van der Waals surface area contributed by atoms with E-state index in [1.807, 2.05) is 0 Å². The van der Waals surface area contributed by atoms with Crippen molar-refractivity contribution in [3.05, 3.63) is 23.6 Å². The topological polar surface area (TPSA) is 34.2 Å². The molecule has 0 bridgehead atoms. The van der Waals surface area contributed by atoms with Gasteiger partial charge in [0.15, 0.2) is 5.82 Å². The maximum atomic E-state index is 13.9. The van der Waals surface area contributed by atoms with Crippen molar-refractivity contribution in [2.24, 2.45) is 0 Å². The SMILES string of the molecule is Fc1c(CNC2CC2)ccnc1OCCC(F)(F)F. The standard InChI is InChI=1S/C12H14F4N2O/c13-10-8(7-18-9-1-2-9)3-5-17-11(10)19-6-4-12(14,15)16/h3,5,9,18H,1-2,4,6-7H2. The van der Waals surface area contributed by atoms with Crippen molar-refractivity contribution in [2.75, 3.05) is 6.61 Å². The maximum absolute atomic E-state index is 13.9.